The van der Waals surface area contributed by atoms with Crippen LogP contribution in [-0.2, 0) is 4.79 Å². The van der Waals surface area contributed by atoms with Gasteiger partial charge in [-0.3, -0.25) is 9.93 Å². The van der Waals surface area contributed by atoms with Gasteiger partial charge in [-0.1, -0.05) is 11.9 Å². The topological polar surface area (TPSA) is 67.2 Å². The van der Waals surface area contributed by atoms with Crippen LogP contribution in [0.15, 0.2) is 0 Å². The summed E-state index contributed by atoms with van der Waals surface area (Å²) >= 11 is 1.15. The summed E-state index contributed by atoms with van der Waals surface area (Å²) in [5, 5.41) is 10.6. The highest BCUT2D eigenvalue weighted by atomic mass is 32.2. The third-order valence-electron chi connectivity index (χ3n) is 1.17. The number of nitrogens with one attached hydrogen (secondary N) is 2. The zero-order valence-corrected chi connectivity index (χ0v) is 6.99. The zero-order valence-electron chi connectivity index (χ0n) is 6.18. The maximum Gasteiger partial charge on any atom is 0.237 e. The molecule has 0 radical (unpaired) electrons. The lowest BCUT2D eigenvalue weighted by molar-refractivity contribution is -0.122. The monoisotopic (exact) mass is 163 g/mol. The average molecular weight is 163 g/mol. The Hall–Kier alpha value is -0.260. The summed E-state index contributed by atoms with van der Waals surface area (Å²) in [5.41, 5.74) is 0. The fourth-order valence-electron chi connectivity index (χ4n) is 0.561. The van der Waals surface area contributed by atoms with Gasteiger partial charge in [0.25, 0.3) is 0 Å². The fraction of sp³-hybridized carbons (Fsp3) is 0.800. The van der Waals surface area contributed by atoms with Gasteiger partial charge in [0.15, 0.2) is 0 Å². The Kier molecular flexibility index (Phi) is 5.38. The van der Waals surface area contributed by atoms with Crippen molar-refractivity contribution in [1.29, 1.82) is 0 Å². The Bertz CT molecular complexity index is 109. The van der Waals surface area contributed by atoms with Crippen molar-refractivity contribution in [3.8, 4) is 0 Å². The quantitative estimate of drug-likeness (QED) is 0.462. The molecule has 10 heavy (non-hydrogen) atoms. The molecule has 0 bridgehead atoms. The first kappa shape index (κ1) is 9.74. The Morgan fingerprint density at radius 3 is 2.60 bits per heavy atom. The van der Waals surface area contributed by atoms with Crippen LogP contribution in [-0.4, -0.2) is 31.8 Å². The van der Waals surface area contributed by atoms with Crippen LogP contribution in [0.1, 0.15) is 0 Å². The minimum atomic E-state index is -0.181. The number of nitrogens with two attached hydrogens (primary N) is 1. The lowest BCUT2D eigenvalue weighted by Gasteiger charge is -2.11. The van der Waals surface area contributed by atoms with Gasteiger partial charge in [0.2, 0.25) is 5.91 Å². The van der Waals surface area contributed by atoms with Crippen molar-refractivity contribution in [3.63, 3.8) is 0 Å². The molecule has 0 fully saturated rings. The Balaban J connectivity index is 3.68. The summed E-state index contributed by atoms with van der Waals surface area (Å²) in [6, 6.07) is -0.181. The molecule has 1 atom stereocenters. The van der Waals surface area contributed by atoms with Crippen molar-refractivity contribution in [2.24, 2.45) is 5.14 Å². The highest BCUT2D eigenvalue weighted by Crippen LogP contribution is 1.91. The molecule has 0 spiro atoms. The predicted octanol–water partition coefficient (Wildman–Crippen LogP) is -1.07. The van der Waals surface area contributed by atoms with Gasteiger partial charge in [0.1, 0.15) is 0 Å². The molecule has 0 rings (SSSR count). The summed E-state index contributed by atoms with van der Waals surface area (Å²) in [6.45, 7) is 0. The maximum atomic E-state index is 10.9. The van der Waals surface area contributed by atoms with E-state index in [1.54, 1.807) is 14.1 Å². The second-order valence-electron chi connectivity index (χ2n) is 1.79. The van der Waals surface area contributed by atoms with E-state index < -0.39 is 0 Å². The summed E-state index contributed by atoms with van der Waals surface area (Å²) in [6.07, 6.45) is 0. The number of likely N-dealkylation sites (N-methyl/N-ethyl adjacent to an activating group) is 2. The number of rotatable bonds is 4. The van der Waals surface area contributed by atoms with E-state index in [0.29, 0.717) is 5.75 Å². The van der Waals surface area contributed by atoms with Crippen LogP contribution in [0.3, 0.4) is 0 Å². The Labute approximate surface area is 65.1 Å². The maximum absolute atomic E-state index is 10.9. The van der Waals surface area contributed by atoms with E-state index in [0.717, 1.165) is 11.9 Å². The number of amides is 1. The highest BCUT2D eigenvalue weighted by Gasteiger charge is 2.12. The summed E-state index contributed by atoms with van der Waals surface area (Å²) in [7, 11) is 3.34. The van der Waals surface area contributed by atoms with E-state index >= 15 is 0 Å². The lowest BCUT2D eigenvalue weighted by atomic mass is 10.3. The van der Waals surface area contributed by atoms with E-state index in [4.69, 9.17) is 5.14 Å². The van der Waals surface area contributed by atoms with Crippen molar-refractivity contribution in [1.82, 2.24) is 10.6 Å². The molecule has 0 saturated heterocycles. The van der Waals surface area contributed by atoms with Crippen molar-refractivity contribution < 1.29 is 4.79 Å². The van der Waals surface area contributed by atoms with Crippen molar-refractivity contribution in [2.45, 2.75) is 6.04 Å². The second-order valence-corrected chi connectivity index (χ2v) is 2.46. The average Bonchev–Trinajstić information content (AvgIpc) is 1.99. The third kappa shape index (κ3) is 3.05. The van der Waals surface area contributed by atoms with Crippen molar-refractivity contribution in [2.75, 3.05) is 19.8 Å². The molecule has 60 valence electrons. The smallest absolute Gasteiger partial charge is 0.237 e. The Morgan fingerprint density at radius 1 is 1.70 bits per heavy atom. The lowest BCUT2D eigenvalue weighted by Crippen LogP contribution is -2.43. The van der Waals surface area contributed by atoms with Gasteiger partial charge in [-0.05, 0) is 7.05 Å². The predicted molar refractivity (Wildman–Crippen MR) is 43.6 cm³/mol. The first-order valence-electron chi connectivity index (χ1n) is 2.96. The molecule has 0 heterocycles. The SMILES string of the molecule is CNC(=O)C(CSN)NC. The third-order valence-corrected chi connectivity index (χ3v) is 1.70. The largest absolute Gasteiger partial charge is 0.358 e. The van der Waals surface area contributed by atoms with Gasteiger partial charge < -0.3 is 10.6 Å². The second kappa shape index (κ2) is 5.52. The molecule has 5 heteroatoms. The van der Waals surface area contributed by atoms with Crippen LogP contribution < -0.4 is 15.8 Å². The van der Waals surface area contributed by atoms with Crippen LogP contribution in [0.4, 0.5) is 0 Å². The molecule has 4 N–H and O–H groups in total. The molecule has 0 aromatic carbocycles. The minimum absolute atomic E-state index is 0.0274. The van der Waals surface area contributed by atoms with Gasteiger partial charge in [0, 0.05) is 12.8 Å². The van der Waals surface area contributed by atoms with E-state index in [9.17, 15) is 4.79 Å². The molecule has 1 amide bonds. The highest BCUT2D eigenvalue weighted by molar-refractivity contribution is 7.97. The summed E-state index contributed by atoms with van der Waals surface area (Å²) < 4.78 is 0. The van der Waals surface area contributed by atoms with Gasteiger partial charge in [0.05, 0.1) is 6.04 Å². The van der Waals surface area contributed by atoms with Crippen LogP contribution in [0.2, 0.25) is 0 Å². The van der Waals surface area contributed by atoms with E-state index in [2.05, 4.69) is 10.6 Å². The molecule has 0 aromatic heterocycles. The molecule has 4 nitrogen and oxygen atoms in total. The molecular formula is C5H13N3OS. The number of carbonyl (C=O) groups excluding carboxylic acids is 1. The number of hydrogen-bond donors (Lipinski definition) is 3. The molecule has 0 aliphatic carbocycles. The van der Waals surface area contributed by atoms with E-state index in [-0.39, 0.29) is 11.9 Å². The molecule has 0 saturated carbocycles. The van der Waals surface area contributed by atoms with Crippen LogP contribution >= 0.6 is 11.9 Å². The molecule has 0 aromatic rings. The van der Waals surface area contributed by atoms with Crippen molar-refractivity contribution >= 4 is 17.9 Å². The molecular weight excluding hydrogens is 150 g/mol. The Morgan fingerprint density at radius 2 is 2.30 bits per heavy atom. The van der Waals surface area contributed by atoms with E-state index in [1.165, 1.54) is 0 Å². The van der Waals surface area contributed by atoms with E-state index in [1.807, 2.05) is 0 Å². The van der Waals surface area contributed by atoms with Crippen LogP contribution in [0, 0.1) is 0 Å². The first-order chi connectivity index (χ1) is 4.76. The summed E-state index contributed by atoms with van der Waals surface area (Å²) in [5.74, 6) is 0.566. The first-order valence-corrected chi connectivity index (χ1v) is 4.01. The summed E-state index contributed by atoms with van der Waals surface area (Å²) in [4.78, 5) is 10.9. The number of carbonyl (C=O) groups is 1. The number of hydrogen-bond acceptors (Lipinski definition) is 4. The molecule has 0 aliphatic heterocycles. The van der Waals surface area contributed by atoms with Gasteiger partial charge in [-0.15, -0.1) is 0 Å². The van der Waals surface area contributed by atoms with Crippen LogP contribution in [0.25, 0.3) is 0 Å². The zero-order chi connectivity index (χ0) is 7.98. The van der Waals surface area contributed by atoms with Gasteiger partial charge in [-0.25, -0.2) is 0 Å². The minimum Gasteiger partial charge on any atom is -0.358 e. The van der Waals surface area contributed by atoms with Crippen LogP contribution in [0.5, 0.6) is 0 Å². The molecule has 0 aliphatic rings. The van der Waals surface area contributed by atoms with Gasteiger partial charge >= 0.3 is 0 Å². The molecule has 1 unspecified atom stereocenters. The van der Waals surface area contributed by atoms with Gasteiger partial charge in [-0.2, -0.15) is 0 Å². The standard InChI is InChI=1S/C5H13N3OS/c1-7-4(3-10-6)5(9)8-2/h4,7H,3,6H2,1-2H3,(H,8,9). The normalized spacial score (nSPS) is 12.7. The fourth-order valence-corrected chi connectivity index (χ4v) is 1.07. The van der Waals surface area contributed by atoms with Crippen molar-refractivity contribution in [3.05, 3.63) is 0 Å².